The van der Waals surface area contributed by atoms with E-state index in [1.165, 1.54) is 12.1 Å². The molecule has 1 aliphatic heterocycles. The van der Waals surface area contributed by atoms with Crippen LogP contribution < -0.4 is 0 Å². The predicted octanol–water partition coefficient (Wildman–Crippen LogP) is 1.63. The van der Waals surface area contributed by atoms with Crippen LogP contribution in [0.4, 0.5) is 4.39 Å². The van der Waals surface area contributed by atoms with Crippen LogP contribution in [0.25, 0.3) is 0 Å². The number of benzene rings is 1. The van der Waals surface area contributed by atoms with Crippen molar-refractivity contribution in [2.24, 2.45) is 4.99 Å². The molecule has 1 nitrogen and oxygen atoms in total. The Kier molecular flexibility index (Phi) is 1.07. The minimum atomic E-state index is -0.190. The van der Waals surface area contributed by atoms with E-state index in [-0.39, 0.29) is 5.82 Å². The molecule has 1 aromatic rings. The van der Waals surface area contributed by atoms with Gasteiger partial charge in [0.15, 0.2) is 0 Å². The molecule has 1 heterocycles. The third kappa shape index (κ3) is 0.923. The molecular weight excluding hydrogens is 129 g/mol. The van der Waals surface area contributed by atoms with E-state index in [0.29, 0.717) is 0 Å². The maximum atomic E-state index is 12.3. The van der Waals surface area contributed by atoms with E-state index in [1.807, 2.05) is 0 Å². The maximum Gasteiger partial charge on any atom is 0.123 e. The molecule has 0 fully saturated rings. The van der Waals surface area contributed by atoms with Gasteiger partial charge in [-0.15, -0.1) is 0 Å². The lowest BCUT2D eigenvalue weighted by molar-refractivity contribution is 0.628. The van der Waals surface area contributed by atoms with Gasteiger partial charge in [-0.25, -0.2) is 4.39 Å². The van der Waals surface area contributed by atoms with Crippen LogP contribution in [0, 0.1) is 5.82 Å². The van der Waals surface area contributed by atoms with Gasteiger partial charge in [0.05, 0.1) is 12.3 Å². The topological polar surface area (TPSA) is 12.4 Å². The summed E-state index contributed by atoms with van der Waals surface area (Å²) in [5.74, 6) is -0.190. The van der Waals surface area contributed by atoms with Crippen molar-refractivity contribution in [3.05, 3.63) is 35.6 Å². The lowest BCUT2D eigenvalue weighted by Gasteiger charge is -1.89. The molecule has 0 saturated heterocycles. The summed E-state index contributed by atoms with van der Waals surface area (Å²) in [6, 6.07) is 6.41. The van der Waals surface area contributed by atoms with Crippen LogP contribution in [-0.2, 0) is 0 Å². The van der Waals surface area contributed by atoms with Crippen LogP contribution in [0.15, 0.2) is 29.3 Å². The molecule has 10 heavy (non-hydrogen) atoms. The minimum Gasteiger partial charge on any atom is -0.281 e. The first-order valence-electron chi connectivity index (χ1n) is 3.15. The highest BCUT2D eigenvalue weighted by atomic mass is 19.1. The molecule has 0 unspecified atom stereocenters. The second kappa shape index (κ2) is 1.90. The molecule has 1 aromatic carbocycles. The van der Waals surface area contributed by atoms with Crippen LogP contribution in [0.2, 0.25) is 0 Å². The first-order valence-corrected chi connectivity index (χ1v) is 3.15. The fourth-order valence-electron chi connectivity index (χ4n) is 0.864. The van der Waals surface area contributed by atoms with E-state index in [2.05, 4.69) is 4.99 Å². The van der Waals surface area contributed by atoms with Crippen molar-refractivity contribution in [1.29, 1.82) is 0 Å². The van der Waals surface area contributed by atoms with E-state index in [4.69, 9.17) is 0 Å². The molecule has 0 spiro atoms. The lowest BCUT2D eigenvalue weighted by Crippen LogP contribution is -1.86. The summed E-state index contributed by atoms with van der Waals surface area (Å²) >= 11 is 0. The molecule has 50 valence electrons. The number of hydrogen-bond acceptors (Lipinski definition) is 1. The summed E-state index contributed by atoms with van der Waals surface area (Å²) in [7, 11) is 0. The van der Waals surface area contributed by atoms with Crippen molar-refractivity contribution in [2.75, 3.05) is 6.54 Å². The van der Waals surface area contributed by atoms with Crippen molar-refractivity contribution in [1.82, 2.24) is 0 Å². The molecule has 0 amide bonds. The Bertz CT molecular complexity index is 274. The predicted molar refractivity (Wildman–Crippen MR) is 37.8 cm³/mol. The Morgan fingerprint density at radius 2 is 1.80 bits per heavy atom. The van der Waals surface area contributed by atoms with Crippen LogP contribution in [0.1, 0.15) is 5.56 Å². The van der Waals surface area contributed by atoms with Gasteiger partial charge < -0.3 is 0 Å². The molecule has 0 radical (unpaired) electrons. The van der Waals surface area contributed by atoms with Crippen LogP contribution in [0.5, 0.6) is 0 Å². The number of rotatable bonds is 1. The Labute approximate surface area is 58.2 Å². The van der Waals surface area contributed by atoms with Gasteiger partial charge in [-0.05, 0) is 17.7 Å². The maximum absolute atomic E-state index is 12.3. The van der Waals surface area contributed by atoms with E-state index < -0.39 is 0 Å². The standard InChI is InChI=1S/C8H6FN/c9-7-3-1-6(2-4-7)8-5-10-8/h1-4H,5H2. The van der Waals surface area contributed by atoms with Crippen LogP contribution in [0.3, 0.4) is 0 Å². The first-order chi connectivity index (χ1) is 4.86. The number of nitrogens with zero attached hydrogens (tertiary/aromatic N) is 1. The monoisotopic (exact) mass is 135 g/mol. The number of halogens is 1. The Balaban J connectivity index is 2.37. The van der Waals surface area contributed by atoms with Crippen molar-refractivity contribution in [3.8, 4) is 0 Å². The summed E-state index contributed by atoms with van der Waals surface area (Å²) in [4.78, 5) is 4.00. The van der Waals surface area contributed by atoms with E-state index in [1.54, 1.807) is 12.1 Å². The summed E-state index contributed by atoms with van der Waals surface area (Å²) in [5, 5.41) is 0. The van der Waals surface area contributed by atoms with Gasteiger partial charge in [0.1, 0.15) is 5.82 Å². The van der Waals surface area contributed by atoms with Gasteiger partial charge >= 0.3 is 0 Å². The first kappa shape index (κ1) is 5.59. The molecule has 0 bridgehead atoms. The van der Waals surface area contributed by atoms with Gasteiger partial charge in [-0.1, -0.05) is 12.1 Å². The number of aliphatic imine (C=N–C) groups is 1. The van der Waals surface area contributed by atoms with Crippen molar-refractivity contribution in [3.63, 3.8) is 0 Å². The van der Waals surface area contributed by atoms with Crippen LogP contribution >= 0.6 is 0 Å². The van der Waals surface area contributed by atoms with Crippen LogP contribution in [-0.4, -0.2) is 12.3 Å². The Hall–Kier alpha value is -1.18. The van der Waals surface area contributed by atoms with Gasteiger partial charge in [0, 0.05) is 0 Å². The molecule has 2 rings (SSSR count). The quantitative estimate of drug-likeness (QED) is 0.555. The smallest absolute Gasteiger partial charge is 0.123 e. The highest BCUT2D eigenvalue weighted by Crippen LogP contribution is 2.10. The lowest BCUT2D eigenvalue weighted by atomic mass is 10.2. The SMILES string of the molecule is Fc1ccc(C2=NC2)cc1. The molecule has 0 N–H and O–H groups in total. The summed E-state index contributed by atoms with van der Waals surface area (Å²) in [5.41, 5.74) is 2.13. The Morgan fingerprint density at radius 1 is 1.20 bits per heavy atom. The number of hydrogen-bond donors (Lipinski definition) is 0. The zero-order valence-electron chi connectivity index (χ0n) is 5.34. The molecule has 1 aliphatic rings. The zero-order valence-corrected chi connectivity index (χ0v) is 5.34. The van der Waals surface area contributed by atoms with E-state index in [9.17, 15) is 4.39 Å². The Morgan fingerprint density at radius 3 is 2.30 bits per heavy atom. The zero-order chi connectivity index (χ0) is 6.97. The highest BCUT2D eigenvalue weighted by molar-refractivity contribution is 6.10. The summed E-state index contributed by atoms with van der Waals surface area (Å²) in [6.45, 7) is 0.825. The van der Waals surface area contributed by atoms with E-state index >= 15 is 0 Å². The molecule has 0 aromatic heterocycles. The normalized spacial score (nSPS) is 14.7. The summed E-state index contributed by atoms with van der Waals surface area (Å²) < 4.78 is 12.3. The van der Waals surface area contributed by atoms with Gasteiger partial charge in [0.2, 0.25) is 0 Å². The second-order valence-electron chi connectivity index (χ2n) is 2.27. The second-order valence-corrected chi connectivity index (χ2v) is 2.27. The van der Waals surface area contributed by atoms with Crippen molar-refractivity contribution in [2.45, 2.75) is 0 Å². The molecule has 0 saturated carbocycles. The fraction of sp³-hybridized carbons (Fsp3) is 0.125. The molecular formula is C8H6FN. The van der Waals surface area contributed by atoms with Gasteiger partial charge in [-0.2, -0.15) is 0 Å². The summed E-state index contributed by atoms with van der Waals surface area (Å²) in [6.07, 6.45) is 0. The van der Waals surface area contributed by atoms with Crippen molar-refractivity contribution < 1.29 is 4.39 Å². The fourth-order valence-corrected chi connectivity index (χ4v) is 0.864. The minimum absolute atomic E-state index is 0.190. The average Bonchev–Trinajstić information content (AvgIpc) is 2.71. The third-order valence-corrected chi connectivity index (χ3v) is 1.49. The van der Waals surface area contributed by atoms with Crippen molar-refractivity contribution >= 4 is 5.71 Å². The molecule has 0 aliphatic carbocycles. The molecule has 2 heteroatoms. The molecule has 0 atom stereocenters. The largest absolute Gasteiger partial charge is 0.281 e. The highest BCUT2D eigenvalue weighted by Gasteiger charge is 2.11. The van der Waals surface area contributed by atoms with E-state index in [0.717, 1.165) is 17.8 Å². The third-order valence-electron chi connectivity index (χ3n) is 1.49. The average molecular weight is 135 g/mol. The van der Waals surface area contributed by atoms with Gasteiger partial charge in [-0.3, -0.25) is 4.99 Å². The van der Waals surface area contributed by atoms with Gasteiger partial charge in [0.25, 0.3) is 0 Å².